The molecule has 0 aliphatic rings. The summed E-state index contributed by atoms with van der Waals surface area (Å²) in [5.41, 5.74) is 2.51. The van der Waals surface area contributed by atoms with Crippen molar-refractivity contribution >= 4 is 26.5 Å². The van der Waals surface area contributed by atoms with Crippen LogP contribution in [-0.2, 0) is 0 Å². The molecule has 0 unspecified atom stereocenters. The molecule has 6 heteroatoms. The van der Waals surface area contributed by atoms with Crippen molar-refractivity contribution in [1.29, 1.82) is 0 Å². The normalized spacial score (nSPS) is 11.3. The number of aromatic nitrogens is 2. The van der Waals surface area contributed by atoms with Gasteiger partial charge in [0, 0.05) is 11.8 Å². The summed E-state index contributed by atoms with van der Waals surface area (Å²) in [5.74, 6) is 0.655. The number of methoxy groups -OCH3 is 2. The van der Waals surface area contributed by atoms with E-state index < -0.39 is 5.82 Å². The first-order valence-corrected chi connectivity index (χ1v) is 7.81. The van der Waals surface area contributed by atoms with Gasteiger partial charge in [-0.2, -0.15) is 0 Å². The van der Waals surface area contributed by atoms with Gasteiger partial charge < -0.3 is 9.47 Å². The van der Waals surface area contributed by atoms with Gasteiger partial charge in [-0.25, -0.2) is 9.37 Å². The maximum absolute atomic E-state index is 13.9. The molecule has 0 saturated carbocycles. The maximum Gasteiger partial charge on any atom is 0.195 e. The summed E-state index contributed by atoms with van der Waals surface area (Å²) in [4.78, 5) is 5.47. The first kappa shape index (κ1) is 14.0. The van der Waals surface area contributed by atoms with Gasteiger partial charge in [0.25, 0.3) is 0 Å². The van der Waals surface area contributed by atoms with E-state index >= 15 is 0 Å². The molecule has 116 valence electrons. The number of hydrogen-bond donors (Lipinski definition) is 0. The smallest absolute Gasteiger partial charge is 0.195 e. The van der Waals surface area contributed by atoms with Crippen LogP contribution in [-0.4, -0.2) is 23.6 Å². The fraction of sp³-hybridized carbons (Fsp3) is 0.118. The first-order valence-electron chi connectivity index (χ1n) is 6.99. The minimum absolute atomic E-state index is 0.229. The summed E-state index contributed by atoms with van der Waals surface area (Å²) in [6.45, 7) is 0. The summed E-state index contributed by atoms with van der Waals surface area (Å²) < 4.78 is 27.2. The van der Waals surface area contributed by atoms with E-state index in [-0.39, 0.29) is 5.75 Å². The van der Waals surface area contributed by atoms with Crippen molar-refractivity contribution in [2.45, 2.75) is 0 Å². The molecule has 0 fully saturated rings. The molecule has 4 nitrogen and oxygen atoms in total. The molecule has 0 atom stereocenters. The Hall–Kier alpha value is -2.60. The first-order chi connectivity index (χ1) is 11.2. The second-order valence-corrected chi connectivity index (χ2v) is 6.07. The van der Waals surface area contributed by atoms with E-state index in [1.807, 2.05) is 28.8 Å². The van der Waals surface area contributed by atoms with Crippen LogP contribution >= 0.6 is 11.3 Å². The van der Waals surface area contributed by atoms with Gasteiger partial charge in [0.2, 0.25) is 0 Å². The molecule has 4 aromatic rings. The number of imidazole rings is 1. The lowest BCUT2D eigenvalue weighted by Gasteiger charge is -2.03. The van der Waals surface area contributed by atoms with E-state index in [0.717, 1.165) is 32.2 Å². The molecular weight excluding hydrogens is 315 g/mol. The molecule has 0 N–H and O–H groups in total. The maximum atomic E-state index is 13.9. The Morgan fingerprint density at radius 1 is 1.09 bits per heavy atom. The van der Waals surface area contributed by atoms with Gasteiger partial charge in [0.1, 0.15) is 5.75 Å². The van der Waals surface area contributed by atoms with Crippen molar-refractivity contribution in [3.8, 4) is 22.8 Å². The third-order valence-corrected chi connectivity index (χ3v) is 4.77. The summed E-state index contributed by atoms with van der Waals surface area (Å²) in [6.07, 6.45) is 1.92. The Morgan fingerprint density at radius 2 is 1.96 bits per heavy atom. The highest BCUT2D eigenvalue weighted by Crippen LogP contribution is 2.32. The average molecular weight is 328 g/mol. The predicted molar refractivity (Wildman–Crippen MR) is 89.1 cm³/mol. The molecule has 2 aromatic heterocycles. The van der Waals surface area contributed by atoms with Crippen LogP contribution in [0.25, 0.3) is 26.4 Å². The summed E-state index contributed by atoms with van der Waals surface area (Å²) in [7, 11) is 3.10. The van der Waals surface area contributed by atoms with E-state index in [4.69, 9.17) is 9.47 Å². The van der Waals surface area contributed by atoms with Crippen LogP contribution in [0.2, 0.25) is 0 Å². The molecule has 0 spiro atoms. The Kier molecular flexibility index (Phi) is 3.20. The summed E-state index contributed by atoms with van der Waals surface area (Å²) >= 11 is 1.57. The van der Waals surface area contributed by atoms with Gasteiger partial charge in [0.15, 0.2) is 16.5 Å². The van der Waals surface area contributed by atoms with Gasteiger partial charge in [-0.05, 0) is 36.4 Å². The monoisotopic (exact) mass is 328 g/mol. The zero-order chi connectivity index (χ0) is 16.0. The Bertz CT molecular complexity index is 1020. The van der Waals surface area contributed by atoms with Crippen LogP contribution in [0.5, 0.6) is 11.5 Å². The highest BCUT2D eigenvalue weighted by Gasteiger charge is 2.12. The number of fused-ring (bicyclic) bond motifs is 3. The topological polar surface area (TPSA) is 35.8 Å². The molecule has 0 aliphatic carbocycles. The fourth-order valence-corrected chi connectivity index (χ4v) is 3.61. The number of nitrogens with zero attached hydrogens (tertiary/aromatic N) is 2. The third kappa shape index (κ3) is 2.22. The van der Waals surface area contributed by atoms with Crippen molar-refractivity contribution < 1.29 is 13.9 Å². The minimum atomic E-state index is -0.393. The van der Waals surface area contributed by atoms with Gasteiger partial charge in [-0.15, -0.1) is 0 Å². The Balaban J connectivity index is 1.84. The second kappa shape index (κ2) is 5.24. The van der Waals surface area contributed by atoms with Crippen LogP contribution in [0.3, 0.4) is 0 Å². The van der Waals surface area contributed by atoms with E-state index in [0.29, 0.717) is 0 Å². The molecule has 0 bridgehead atoms. The van der Waals surface area contributed by atoms with E-state index in [9.17, 15) is 4.39 Å². The average Bonchev–Trinajstić information content (AvgIpc) is 3.11. The molecular formula is C17H13FN2O2S. The van der Waals surface area contributed by atoms with E-state index in [1.165, 1.54) is 13.2 Å². The zero-order valence-corrected chi connectivity index (χ0v) is 13.4. The van der Waals surface area contributed by atoms with Crippen LogP contribution in [0.1, 0.15) is 0 Å². The summed E-state index contributed by atoms with van der Waals surface area (Å²) in [6, 6.07) is 10.8. The van der Waals surface area contributed by atoms with Gasteiger partial charge in [-0.1, -0.05) is 11.3 Å². The van der Waals surface area contributed by atoms with Gasteiger partial charge in [0.05, 0.1) is 30.1 Å². The molecule has 0 saturated heterocycles. The van der Waals surface area contributed by atoms with Crippen LogP contribution in [0, 0.1) is 5.82 Å². The zero-order valence-electron chi connectivity index (χ0n) is 12.5. The Labute approximate surface area is 135 Å². The van der Waals surface area contributed by atoms with Crippen molar-refractivity contribution in [2.75, 3.05) is 14.2 Å². The second-order valence-electron chi connectivity index (χ2n) is 5.06. The predicted octanol–water partition coefficient (Wildman–Crippen LogP) is 4.37. The van der Waals surface area contributed by atoms with Gasteiger partial charge >= 0.3 is 0 Å². The quantitative estimate of drug-likeness (QED) is 0.560. The summed E-state index contributed by atoms with van der Waals surface area (Å²) in [5, 5.41) is 0. The molecule has 0 radical (unpaired) electrons. The lowest BCUT2D eigenvalue weighted by atomic mass is 10.1. The highest BCUT2D eigenvalue weighted by atomic mass is 32.1. The van der Waals surface area contributed by atoms with Crippen LogP contribution < -0.4 is 9.47 Å². The van der Waals surface area contributed by atoms with Gasteiger partial charge in [-0.3, -0.25) is 4.40 Å². The number of rotatable bonds is 3. The molecule has 0 amide bonds. The van der Waals surface area contributed by atoms with Crippen molar-refractivity contribution in [2.24, 2.45) is 0 Å². The Morgan fingerprint density at radius 3 is 2.70 bits per heavy atom. The highest BCUT2D eigenvalue weighted by molar-refractivity contribution is 7.23. The SMILES string of the molecule is COc1ccc2c(c1)sc1nc(-c3ccc(OC)c(F)c3)cn12. The lowest BCUT2D eigenvalue weighted by Crippen LogP contribution is -1.88. The number of benzene rings is 2. The van der Waals surface area contributed by atoms with Crippen molar-refractivity contribution in [3.63, 3.8) is 0 Å². The fourth-order valence-electron chi connectivity index (χ4n) is 2.57. The standard InChI is InChI=1S/C17H13FN2O2S/c1-21-11-4-5-14-16(8-11)23-17-19-13(9-20(14)17)10-3-6-15(22-2)12(18)7-10/h3-9H,1-2H3. The van der Waals surface area contributed by atoms with E-state index in [2.05, 4.69) is 4.98 Å². The number of halogens is 1. The van der Waals surface area contributed by atoms with Crippen LogP contribution in [0.4, 0.5) is 4.39 Å². The number of hydrogen-bond acceptors (Lipinski definition) is 4. The molecule has 2 aromatic carbocycles. The molecule has 0 aliphatic heterocycles. The molecule has 2 heterocycles. The van der Waals surface area contributed by atoms with Crippen LogP contribution in [0.15, 0.2) is 42.6 Å². The molecule has 23 heavy (non-hydrogen) atoms. The minimum Gasteiger partial charge on any atom is -0.497 e. The third-order valence-electron chi connectivity index (χ3n) is 3.75. The molecule has 4 rings (SSSR count). The number of thiazole rings is 1. The lowest BCUT2D eigenvalue weighted by molar-refractivity contribution is 0.386. The van der Waals surface area contributed by atoms with Crippen molar-refractivity contribution in [1.82, 2.24) is 9.38 Å². The number of ether oxygens (including phenoxy) is 2. The largest absolute Gasteiger partial charge is 0.497 e. The van der Waals surface area contributed by atoms with E-state index in [1.54, 1.807) is 30.6 Å². The van der Waals surface area contributed by atoms with Crippen molar-refractivity contribution in [3.05, 3.63) is 48.4 Å².